The van der Waals surface area contributed by atoms with Gasteiger partial charge in [0.15, 0.2) is 9.84 Å². The molecule has 2 aromatic carbocycles. The monoisotopic (exact) mass is 526 g/mol. The van der Waals surface area contributed by atoms with E-state index in [1.807, 2.05) is 0 Å². The summed E-state index contributed by atoms with van der Waals surface area (Å²) in [7, 11) is -7.53. The summed E-state index contributed by atoms with van der Waals surface area (Å²) < 4.78 is 87.8. The summed E-state index contributed by atoms with van der Waals surface area (Å²) in [6, 6.07) is 7.79. The number of anilines is 1. The van der Waals surface area contributed by atoms with E-state index in [1.54, 1.807) is 6.92 Å². The molecule has 0 bridgehead atoms. The zero-order valence-electron chi connectivity index (χ0n) is 17.8. The van der Waals surface area contributed by atoms with Crippen molar-refractivity contribution in [2.45, 2.75) is 30.5 Å². The van der Waals surface area contributed by atoms with Gasteiger partial charge in [0.1, 0.15) is 6.54 Å². The van der Waals surface area contributed by atoms with Gasteiger partial charge in [-0.25, -0.2) is 16.8 Å². The third-order valence-electron chi connectivity index (χ3n) is 4.68. The minimum absolute atomic E-state index is 0.0962. The Morgan fingerprint density at radius 3 is 2.09 bits per heavy atom. The zero-order chi connectivity index (χ0) is 25.2. The molecule has 0 saturated carbocycles. The molecule has 0 aromatic heterocycles. The van der Waals surface area contributed by atoms with E-state index >= 15 is 0 Å². The summed E-state index contributed by atoms with van der Waals surface area (Å²) in [5, 5.41) is 2.02. The lowest BCUT2D eigenvalue weighted by molar-refractivity contribution is -0.137. The molecule has 182 valence electrons. The molecule has 0 radical (unpaired) electrons. The van der Waals surface area contributed by atoms with Gasteiger partial charge in [-0.05, 0) is 42.3 Å². The molecule has 13 heteroatoms. The highest BCUT2D eigenvalue weighted by Gasteiger charge is 2.34. The predicted molar refractivity (Wildman–Crippen MR) is 119 cm³/mol. The number of nitrogens with one attached hydrogen (secondary N) is 1. The number of nitrogens with zero attached hydrogens (tertiary/aromatic N) is 1. The minimum atomic E-state index is -4.82. The average Bonchev–Trinajstić information content (AvgIpc) is 2.68. The predicted octanol–water partition coefficient (Wildman–Crippen LogP) is 3.80. The van der Waals surface area contributed by atoms with Crippen molar-refractivity contribution in [1.82, 2.24) is 5.32 Å². The number of amides is 1. The van der Waals surface area contributed by atoms with Crippen LogP contribution in [0.15, 0.2) is 47.4 Å². The Bertz CT molecular complexity index is 1230. The van der Waals surface area contributed by atoms with Gasteiger partial charge in [-0.2, -0.15) is 13.2 Å². The van der Waals surface area contributed by atoms with Crippen LogP contribution in [-0.2, 0) is 30.8 Å². The number of alkyl halides is 3. The molecule has 1 atom stereocenters. The Balaban J connectivity index is 2.29. The molecule has 0 saturated heterocycles. The molecule has 2 aromatic rings. The number of sulfonamides is 1. The molecule has 0 aliphatic carbocycles. The Morgan fingerprint density at radius 1 is 1.06 bits per heavy atom. The Morgan fingerprint density at radius 2 is 1.64 bits per heavy atom. The largest absolute Gasteiger partial charge is 0.417 e. The van der Waals surface area contributed by atoms with Crippen LogP contribution in [0.25, 0.3) is 0 Å². The fraction of sp³-hybridized carbons (Fsp3) is 0.350. The molecule has 0 heterocycles. The number of carbonyl (C=O) groups is 1. The van der Waals surface area contributed by atoms with Crippen molar-refractivity contribution in [3.8, 4) is 0 Å². The quantitative estimate of drug-likeness (QED) is 0.564. The van der Waals surface area contributed by atoms with E-state index in [-0.39, 0.29) is 10.6 Å². The average molecular weight is 527 g/mol. The van der Waals surface area contributed by atoms with E-state index in [0.29, 0.717) is 22.4 Å². The minimum Gasteiger partial charge on any atom is -0.348 e. The molecule has 1 N–H and O–H groups in total. The van der Waals surface area contributed by atoms with Gasteiger partial charge in [0.2, 0.25) is 15.9 Å². The van der Waals surface area contributed by atoms with E-state index in [4.69, 9.17) is 11.6 Å². The van der Waals surface area contributed by atoms with Crippen LogP contribution in [0.2, 0.25) is 5.02 Å². The molecule has 1 amide bonds. The molecular formula is C20H22ClF3N2O5S2. The van der Waals surface area contributed by atoms with Gasteiger partial charge >= 0.3 is 6.18 Å². The third-order valence-corrected chi connectivity index (χ3v) is 7.28. The van der Waals surface area contributed by atoms with Crippen LogP contribution < -0.4 is 9.62 Å². The molecular weight excluding hydrogens is 505 g/mol. The summed E-state index contributed by atoms with van der Waals surface area (Å²) in [6.45, 7) is 0.980. The lowest BCUT2D eigenvalue weighted by atomic mass is 10.0. The number of hydrogen-bond acceptors (Lipinski definition) is 5. The second-order valence-corrected chi connectivity index (χ2v) is 11.6. The highest BCUT2D eigenvalue weighted by Crippen LogP contribution is 2.37. The summed E-state index contributed by atoms with van der Waals surface area (Å²) in [4.78, 5) is 12.7. The van der Waals surface area contributed by atoms with Crippen molar-refractivity contribution >= 4 is 43.1 Å². The smallest absolute Gasteiger partial charge is 0.348 e. The summed E-state index contributed by atoms with van der Waals surface area (Å²) in [5.74, 6) is -0.761. The number of sulfone groups is 1. The highest BCUT2D eigenvalue weighted by molar-refractivity contribution is 7.92. The van der Waals surface area contributed by atoms with Crippen molar-refractivity contribution < 1.29 is 34.8 Å². The van der Waals surface area contributed by atoms with Gasteiger partial charge in [-0.15, -0.1) is 0 Å². The van der Waals surface area contributed by atoms with E-state index in [0.717, 1.165) is 24.6 Å². The van der Waals surface area contributed by atoms with Gasteiger partial charge in [-0.3, -0.25) is 9.10 Å². The molecule has 2 rings (SSSR count). The fourth-order valence-electron chi connectivity index (χ4n) is 3.02. The van der Waals surface area contributed by atoms with Crippen LogP contribution in [0, 0.1) is 0 Å². The molecule has 7 nitrogen and oxygen atoms in total. The molecule has 0 aliphatic heterocycles. The van der Waals surface area contributed by atoms with Crippen molar-refractivity contribution in [3.63, 3.8) is 0 Å². The Kier molecular flexibility index (Phi) is 8.08. The van der Waals surface area contributed by atoms with Gasteiger partial charge in [0, 0.05) is 6.26 Å². The lowest BCUT2D eigenvalue weighted by Crippen LogP contribution is -2.41. The van der Waals surface area contributed by atoms with E-state index < -0.39 is 55.1 Å². The maximum Gasteiger partial charge on any atom is 0.417 e. The van der Waals surface area contributed by atoms with Crippen LogP contribution in [-0.4, -0.2) is 41.8 Å². The lowest BCUT2D eigenvalue weighted by Gasteiger charge is -2.25. The number of carbonyl (C=O) groups excluding carboxylic acids is 1. The van der Waals surface area contributed by atoms with Gasteiger partial charge in [-0.1, -0.05) is 30.7 Å². The van der Waals surface area contributed by atoms with Crippen LogP contribution in [0.3, 0.4) is 0 Å². The normalized spacial score (nSPS) is 13.4. The first-order valence-corrected chi connectivity index (χ1v) is 13.6. The van der Waals surface area contributed by atoms with E-state index in [1.165, 1.54) is 24.3 Å². The Hall–Kier alpha value is -2.31. The second-order valence-electron chi connectivity index (χ2n) is 7.30. The maximum absolute atomic E-state index is 13.2. The third kappa shape index (κ3) is 7.08. The van der Waals surface area contributed by atoms with E-state index in [9.17, 15) is 34.8 Å². The van der Waals surface area contributed by atoms with Gasteiger partial charge < -0.3 is 5.32 Å². The number of halogens is 4. The zero-order valence-corrected chi connectivity index (χ0v) is 20.2. The first-order valence-electron chi connectivity index (χ1n) is 9.48. The topological polar surface area (TPSA) is 101 Å². The van der Waals surface area contributed by atoms with Gasteiger partial charge in [0.05, 0.1) is 33.5 Å². The van der Waals surface area contributed by atoms with Crippen LogP contribution in [0.1, 0.15) is 30.5 Å². The van der Waals surface area contributed by atoms with Crippen molar-refractivity contribution in [1.29, 1.82) is 0 Å². The molecule has 0 fully saturated rings. The van der Waals surface area contributed by atoms with Crippen molar-refractivity contribution in [3.05, 3.63) is 58.6 Å². The number of rotatable bonds is 8. The standard InChI is InChI=1S/C20H22ClF3N2O5S2/c1-4-18(13-5-8-15(9-6-13)32(2,28)29)25-19(27)12-26(33(3,30)31)14-7-10-17(21)16(11-14)20(22,23)24/h5-11,18H,4,12H2,1-3H3,(H,25,27). The van der Waals surface area contributed by atoms with Crippen LogP contribution in [0.4, 0.5) is 18.9 Å². The highest BCUT2D eigenvalue weighted by atomic mass is 35.5. The Labute approximate surface area is 195 Å². The van der Waals surface area contributed by atoms with Crippen molar-refractivity contribution in [2.75, 3.05) is 23.4 Å². The van der Waals surface area contributed by atoms with Crippen molar-refractivity contribution in [2.24, 2.45) is 0 Å². The van der Waals surface area contributed by atoms with E-state index in [2.05, 4.69) is 5.32 Å². The van der Waals surface area contributed by atoms with Gasteiger partial charge in [0.25, 0.3) is 0 Å². The fourth-order valence-corrected chi connectivity index (χ4v) is 4.73. The number of benzene rings is 2. The maximum atomic E-state index is 13.2. The summed E-state index contributed by atoms with van der Waals surface area (Å²) in [6.07, 6.45) is -2.60. The molecule has 33 heavy (non-hydrogen) atoms. The summed E-state index contributed by atoms with van der Waals surface area (Å²) in [5.41, 5.74) is -1.02. The second kappa shape index (κ2) is 9.90. The summed E-state index contributed by atoms with van der Waals surface area (Å²) >= 11 is 5.60. The number of hydrogen-bond donors (Lipinski definition) is 1. The van der Waals surface area contributed by atoms with Crippen LogP contribution in [0.5, 0.6) is 0 Å². The molecule has 0 aliphatic rings. The molecule has 0 spiro atoms. The SMILES string of the molecule is CCC(NC(=O)CN(c1ccc(Cl)c(C(F)(F)F)c1)S(C)(=O)=O)c1ccc(S(C)(=O)=O)cc1. The first-order chi connectivity index (χ1) is 15.0. The first kappa shape index (κ1) is 26.9. The van der Waals surface area contributed by atoms with Crippen LogP contribution >= 0.6 is 11.6 Å². The molecule has 1 unspecified atom stereocenters.